The zero-order valence-corrected chi connectivity index (χ0v) is 15.5. The fraction of sp³-hybridized carbons (Fsp3) is 0.263. The van der Waals surface area contributed by atoms with E-state index in [0.717, 1.165) is 43.4 Å². The van der Waals surface area contributed by atoms with Crippen molar-refractivity contribution in [2.75, 3.05) is 7.05 Å². The molecule has 0 N–H and O–H groups in total. The fourth-order valence-corrected chi connectivity index (χ4v) is 4.05. The quantitative estimate of drug-likeness (QED) is 0.650. The van der Waals surface area contributed by atoms with Crippen LogP contribution in [0, 0.1) is 6.92 Å². The van der Waals surface area contributed by atoms with Crippen LogP contribution >= 0.6 is 22.9 Å². The highest BCUT2D eigenvalue weighted by atomic mass is 35.5. The smallest absolute Gasteiger partial charge is 0.254 e. The van der Waals surface area contributed by atoms with Crippen LogP contribution in [0.4, 0.5) is 0 Å². The van der Waals surface area contributed by atoms with Crippen LogP contribution in [0.15, 0.2) is 36.4 Å². The van der Waals surface area contributed by atoms with Crippen molar-refractivity contribution in [1.82, 2.24) is 9.88 Å². The van der Waals surface area contributed by atoms with Crippen molar-refractivity contribution in [2.45, 2.75) is 26.8 Å². The van der Waals surface area contributed by atoms with Gasteiger partial charge in [0.15, 0.2) is 0 Å². The van der Waals surface area contributed by atoms with Gasteiger partial charge in [0.1, 0.15) is 0 Å². The number of para-hydroxylation sites is 1. The Morgan fingerprint density at radius 1 is 1.25 bits per heavy atom. The van der Waals surface area contributed by atoms with Gasteiger partial charge in [0.25, 0.3) is 5.91 Å². The number of halogens is 1. The minimum absolute atomic E-state index is 0.0188. The minimum Gasteiger partial charge on any atom is -0.337 e. The maximum absolute atomic E-state index is 13.1. The zero-order valence-electron chi connectivity index (χ0n) is 14.0. The number of carbonyl (C=O) groups is 1. The number of hydrogen-bond donors (Lipinski definition) is 0. The number of aromatic nitrogens is 1. The highest BCUT2D eigenvalue weighted by molar-refractivity contribution is 7.16. The Labute approximate surface area is 150 Å². The predicted octanol–water partition coefficient (Wildman–Crippen LogP) is 5.09. The van der Waals surface area contributed by atoms with Crippen molar-refractivity contribution in [3.63, 3.8) is 0 Å². The normalized spacial score (nSPS) is 11.0. The van der Waals surface area contributed by atoms with E-state index in [4.69, 9.17) is 16.6 Å². The Morgan fingerprint density at radius 2 is 2.00 bits per heavy atom. The molecule has 0 atom stereocenters. The van der Waals surface area contributed by atoms with Gasteiger partial charge < -0.3 is 4.90 Å². The second-order valence-electron chi connectivity index (χ2n) is 5.80. The molecular formula is C19H19ClN2OS. The van der Waals surface area contributed by atoms with Gasteiger partial charge in [-0.2, -0.15) is 0 Å². The van der Waals surface area contributed by atoms with Gasteiger partial charge in [-0.3, -0.25) is 9.78 Å². The molecule has 0 aliphatic heterocycles. The first-order valence-corrected chi connectivity index (χ1v) is 9.08. The van der Waals surface area contributed by atoms with Crippen molar-refractivity contribution in [3.8, 4) is 0 Å². The van der Waals surface area contributed by atoms with E-state index in [1.54, 1.807) is 4.90 Å². The maximum atomic E-state index is 13.1. The number of rotatable bonds is 4. The van der Waals surface area contributed by atoms with Crippen LogP contribution < -0.4 is 0 Å². The first-order valence-electron chi connectivity index (χ1n) is 7.89. The van der Waals surface area contributed by atoms with Crippen LogP contribution in [-0.4, -0.2) is 22.8 Å². The van der Waals surface area contributed by atoms with Crippen LogP contribution in [0.1, 0.15) is 33.4 Å². The number of aryl methyl sites for hydroxylation is 1. The highest BCUT2D eigenvalue weighted by Crippen LogP contribution is 2.27. The van der Waals surface area contributed by atoms with Gasteiger partial charge in [-0.1, -0.05) is 36.7 Å². The molecule has 2 aromatic heterocycles. The highest BCUT2D eigenvalue weighted by Gasteiger charge is 2.20. The summed E-state index contributed by atoms with van der Waals surface area (Å²) in [5, 5.41) is 0.910. The van der Waals surface area contributed by atoms with E-state index in [-0.39, 0.29) is 5.91 Å². The van der Waals surface area contributed by atoms with Crippen LogP contribution in [0.3, 0.4) is 0 Å². The molecule has 1 amide bonds. The van der Waals surface area contributed by atoms with E-state index in [1.807, 2.05) is 50.4 Å². The third-order valence-electron chi connectivity index (χ3n) is 4.15. The number of carbonyl (C=O) groups excluding carboxylic acids is 1. The second-order valence-corrected chi connectivity index (χ2v) is 7.60. The number of thiophene rings is 1. The summed E-state index contributed by atoms with van der Waals surface area (Å²) in [5.74, 6) is 0.0188. The van der Waals surface area contributed by atoms with Crippen LogP contribution in [0.25, 0.3) is 10.9 Å². The van der Waals surface area contributed by atoms with E-state index >= 15 is 0 Å². The third-order valence-corrected chi connectivity index (χ3v) is 5.37. The summed E-state index contributed by atoms with van der Waals surface area (Å²) in [5.41, 5.74) is 3.57. The van der Waals surface area contributed by atoms with Crippen LogP contribution in [-0.2, 0) is 13.0 Å². The van der Waals surface area contributed by atoms with E-state index in [0.29, 0.717) is 6.54 Å². The molecule has 5 heteroatoms. The van der Waals surface area contributed by atoms with Crippen molar-refractivity contribution in [1.29, 1.82) is 0 Å². The number of amides is 1. The Balaban J connectivity index is 2.03. The van der Waals surface area contributed by atoms with Crippen molar-refractivity contribution >= 4 is 39.7 Å². The minimum atomic E-state index is 0.0188. The van der Waals surface area contributed by atoms with Gasteiger partial charge in [0, 0.05) is 23.0 Å². The molecule has 0 radical (unpaired) electrons. The Kier molecular flexibility index (Phi) is 4.88. The first kappa shape index (κ1) is 16.9. The molecule has 3 nitrogen and oxygen atoms in total. The molecule has 3 aromatic rings. The molecule has 2 heterocycles. The van der Waals surface area contributed by atoms with Crippen molar-refractivity contribution < 1.29 is 4.79 Å². The van der Waals surface area contributed by atoms with E-state index in [1.165, 1.54) is 11.3 Å². The van der Waals surface area contributed by atoms with Gasteiger partial charge >= 0.3 is 0 Å². The monoisotopic (exact) mass is 358 g/mol. The topological polar surface area (TPSA) is 33.2 Å². The van der Waals surface area contributed by atoms with Gasteiger partial charge in [-0.15, -0.1) is 11.3 Å². The summed E-state index contributed by atoms with van der Waals surface area (Å²) in [6, 6.07) is 11.7. The van der Waals surface area contributed by atoms with Gasteiger partial charge in [-0.25, -0.2) is 0 Å². The molecule has 0 fully saturated rings. The fourth-order valence-electron chi connectivity index (χ4n) is 2.91. The van der Waals surface area contributed by atoms with E-state index < -0.39 is 0 Å². The van der Waals surface area contributed by atoms with Crippen molar-refractivity contribution in [2.24, 2.45) is 0 Å². The molecule has 0 aliphatic carbocycles. The molecule has 0 saturated carbocycles. The average Bonchev–Trinajstić information content (AvgIpc) is 2.98. The molecule has 124 valence electrons. The number of hydrogen-bond acceptors (Lipinski definition) is 3. The molecular weight excluding hydrogens is 340 g/mol. The molecule has 1 aromatic carbocycles. The largest absolute Gasteiger partial charge is 0.337 e. The lowest BCUT2D eigenvalue weighted by Crippen LogP contribution is -2.27. The van der Waals surface area contributed by atoms with Gasteiger partial charge in [0.2, 0.25) is 0 Å². The Bertz CT molecular complexity index is 904. The average molecular weight is 359 g/mol. The molecule has 0 saturated heterocycles. The summed E-state index contributed by atoms with van der Waals surface area (Å²) >= 11 is 7.49. The second kappa shape index (κ2) is 6.91. The Hall–Kier alpha value is -1.91. The maximum Gasteiger partial charge on any atom is 0.254 e. The Morgan fingerprint density at radius 3 is 2.67 bits per heavy atom. The zero-order chi connectivity index (χ0) is 17.3. The number of pyridine rings is 1. The van der Waals surface area contributed by atoms with E-state index in [9.17, 15) is 4.79 Å². The first-order chi connectivity index (χ1) is 11.5. The lowest BCUT2D eigenvalue weighted by atomic mass is 9.99. The summed E-state index contributed by atoms with van der Waals surface area (Å²) in [7, 11) is 1.83. The lowest BCUT2D eigenvalue weighted by Gasteiger charge is -2.20. The van der Waals surface area contributed by atoms with Crippen LogP contribution in [0.5, 0.6) is 0 Å². The SMILES string of the molecule is CCc1nc2ccccc2c(C(=O)N(C)Cc2ccc(Cl)s2)c1C. The number of fused-ring (bicyclic) bond motifs is 1. The lowest BCUT2D eigenvalue weighted by molar-refractivity contribution is 0.0787. The van der Waals surface area contributed by atoms with Crippen molar-refractivity contribution in [3.05, 3.63) is 62.4 Å². The summed E-state index contributed by atoms with van der Waals surface area (Å²) < 4.78 is 0.740. The number of benzene rings is 1. The standard InChI is InChI=1S/C19H19ClN2OS/c1-4-15-12(2)18(14-7-5-6-8-16(14)21-15)19(23)22(3)11-13-9-10-17(20)24-13/h5-10H,4,11H2,1-3H3. The third kappa shape index (κ3) is 3.17. The summed E-state index contributed by atoms with van der Waals surface area (Å²) in [6.07, 6.45) is 0.807. The number of nitrogens with zero attached hydrogens (tertiary/aromatic N) is 2. The molecule has 3 rings (SSSR count). The van der Waals surface area contributed by atoms with Gasteiger partial charge in [-0.05, 0) is 37.1 Å². The molecule has 0 bridgehead atoms. The summed E-state index contributed by atoms with van der Waals surface area (Å²) in [4.78, 5) is 20.6. The van der Waals surface area contributed by atoms with Gasteiger partial charge in [0.05, 0.1) is 22.0 Å². The summed E-state index contributed by atoms with van der Waals surface area (Å²) in [6.45, 7) is 4.60. The van der Waals surface area contributed by atoms with Crippen LogP contribution in [0.2, 0.25) is 4.34 Å². The molecule has 0 unspecified atom stereocenters. The molecule has 24 heavy (non-hydrogen) atoms. The molecule has 0 spiro atoms. The predicted molar refractivity (Wildman–Crippen MR) is 101 cm³/mol. The molecule has 0 aliphatic rings. The van der Waals surface area contributed by atoms with E-state index in [2.05, 4.69) is 6.92 Å².